The molecule has 1 fully saturated rings. The second kappa shape index (κ2) is 9.59. The van der Waals surface area contributed by atoms with E-state index in [2.05, 4.69) is 31.4 Å². The van der Waals surface area contributed by atoms with Gasteiger partial charge >= 0.3 is 0 Å². The Bertz CT molecular complexity index is 432. The van der Waals surface area contributed by atoms with E-state index in [-0.39, 0.29) is 22.9 Å². The van der Waals surface area contributed by atoms with Crippen molar-refractivity contribution in [3.8, 4) is 0 Å². The summed E-state index contributed by atoms with van der Waals surface area (Å²) in [5.74, 6) is 1.19. The van der Waals surface area contributed by atoms with E-state index in [9.17, 15) is 9.59 Å². The van der Waals surface area contributed by atoms with Crippen LogP contribution in [0.25, 0.3) is 0 Å². The molecule has 1 aliphatic carbocycles. The molecule has 0 aromatic rings. The standard InChI is InChI=1S/C21H40N2O2/c1-16(14-18(24)22-20(2,3)4)12-13-21(5,6)23-19(25)15-17-10-8-7-9-11-17/h16-17H,7-15H2,1-6H3,(H,22,24)(H,23,25). The number of hydrogen-bond acceptors (Lipinski definition) is 2. The van der Waals surface area contributed by atoms with Gasteiger partial charge in [0.25, 0.3) is 0 Å². The smallest absolute Gasteiger partial charge is 0.220 e. The van der Waals surface area contributed by atoms with E-state index in [1.165, 1.54) is 32.1 Å². The van der Waals surface area contributed by atoms with E-state index in [0.29, 0.717) is 24.7 Å². The highest BCUT2D eigenvalue weighted by Gasteiger charge is 2.24. The molecular formula is C21H40N2O2. The SMILES string of the molecule is CC(CCC(C)(C)NC(=O)CC1CCCCC1)CC(=O)NC(C)(C)C. The van der Waals surface area contributed by atoms with Gasteiger partial charge in [-0.1, -0.05) is 26.2 Å². The highest BCUT2D eigenvalue weighted by Crippen LogP contribution is 2.27. The van der Waals surface area contributed by atoms with Crippen molar-refractivity contribution in [2.24, 2.45) is 11.8 Å². The van der Waals surface area contributed by atoms with Crippen molar-refractivity contribution in [3.05, 3.63) is 0 Å². The molecular weight excluding hydrogens is 312 g/mol. The molecule has 1 aliphatic rings. The minimum absolute atomic E-state index is 0.110. The number of hydrogen-bond donors (Lipinski definition) is 2. The highest BCUT2D eigenvalue weighted by atomic mass is 16.2. The Kier molecular flexibility index (Phi) is 8.43. The zero-order chi connectivity index (χ0) is 19.1. The van der Waals surface area contributed by atoms with Crippen LogP contribution in [-0.2, 0) is 9.59 Å². The van der Waals surface area contributed by atoms with Crippen molar-refractivity contribution in [1.82, 2.24) is 10.6 Å². The lowest BCUT2D eigenvalue weighted by molar-refractivity contribution is -0.125. The molecule has 1 rings (SSSR count). The average molecular weight is 353 g/mol. The number of rotatable bonds is 8. The van der Waals surface area contributed by atoms with Crippen molar-refractivity contribution >= 4 is 11.8 Å². The van der Waals surface area contributed by atoms with Gasteiger partial charge in [0.15, 0.2) is 0 Å². The summed E-state index contributed by atoms with van der Waals surface area (Å²) in [5, 5.41) is 6.23. The van der Waals surface area contributed by atoms with Crippen LogP contribution in [-0.4, -0.2) is 22.9 Å². The Morgan fingerprint density at radius 3 is 2.12 bits per heavy atom. The molecule has 1 atom stereocenters. The van der Waals surface area contributed by atoms with Crippen molar-refractivity contribution in [2.45, 2.75) is 110 Å². The predicted octanol–water partition coefficient (Wildman–Crippen LogP) is 4.57. The van der Waals surface area contributed by atoms with Crippen molar-refractivity contribution in [2.75, 3.05) is 0 Å². The Morgan fingerprint density at radius 1 is 0.960 bits per heavy atom. The van der Waals surface area contributed by atoms with Crippen LogP contribution in [0, 0.1) is 11.8 Å². The van der Waals surface area contributed by atoms with Gasteiger partial charge in [0, 0.05) is 23.9 Å². The first kappa shape index (κ1) is 22.0. The molecule has 0 radical (unpaired) electrons. The summed E-state index contributed by atoms with van der Waals surface area (Å²) in [4.78, 5) is 24.3. The maximum Gasteiger partial charge on any atom is 0.220 e. The molecule has 0 bridgehead atoms. The molecule has 0 heterocycles. The van der Waals surface area contributed by atoms with Gasteiger partial charge in [0.05, 0.1) is 0 Å². The predicted molar refractivity (Wildman–Crippen MR) is 104 cm³/mol. The largest absolute Gasteiger partial charge is 0.352 e. The Morgan fingerprint density at radius 2 is 1.56 bits per heavy atom. The van der Waals surface area contributed by atoms with Gasteiger partial charge in [-0.3, -0.25) is 9.59 Å². The first-order valence-electron chi connectivity index (χ1n) is 10.1. The Labute approximate surface area is 154 Å². The molecule has 146 valence electrons. The van der Waals surface area contributed by atoms with Gasteiger partial charge in [-0.25, -0.2) is 0 Å². The van der Waals surface area contributed by atoms with Crippen molar-refractivity contribution in [1.29, 1.82) is 0 Å². The van der Waals surface area contributed by atoms with Crippen LogP contribution in [0.4, 0.5) is 0 Å². The van der Waals surface area contributed by atoms with E-state index in [4.69, 9.17) is 0 Å². The fraction of sp³-hybridized carbons (Fsp3) is 0.905. The summed E-state index contributed by atoms with van der Waals surface area (Å²) in [6.07, 6.45) is 9.33. The van der Waals surface area contributed by atoms with Crippen LogP contribution in [0.15, 0.2) is 0 Å². The van der Waals surface area contributed by atoms with Crippen molar-refractivity contribution in [3.63, 3.8) is 0 Å². The van der Waals surface area contributed by atoms with Gasteiger partial charge < -0.3 is 10.6 Å². The maximum atomic E-state index is 12.3. The van der Waals surface area contributed by atoms with Crippen LogP contribution in [0.5, 0.6) is 0 Å². The van der Waals surface area contributed by atoms with E-state index < -0.39 is 0 Å². The van der Waals surface area contributed by atoms with E-state index in [1.807, 2.05) is 20.8 Å². The lowest BCUT2D eigenvalue weighted by Gasteiger charge is -2.29. The third-order valence-electron chi connectivity index (χ3n) is 4.99. The lowest BCUT2D eigenvalue weighted by Crippen LogP contribution is -2.44. The molecule has 0 saturated heterocycles. The molecule has 1 saturated carbocycles. The van der Waals surface area contributed by atoms with E-state index >= 15 is 0 Å². The van der Waals surface area contributed by atoms with Crippen LogP contribution in [0.1, 0.15) is 99.3 Å². The minimum atomic E-state index is -0.208. The van der Waals surface area contributed by atoms with E-state index in [0.717, 1.165) is 12.8 Å². The summed E-state index contributed by atoms with van der Waals surface area (Å²) < 4.78 is 0. The van der Waals surface area contributed by atoms with Gasteiger partial charge in [-0.05, 0) is 72.1 Å². The second-order valence-electron chi connectivity index (χ2n) is 9.79. The van der Waals surface area contributed by atoms with Crippen LogP contribution >= 0.6 is 0 Å². The molecule has 4 heteroatoms. The molecule has 1 unspecified atom stereocenters. The van der Waals surface area contributed by atoms with Gasteiger partial charge in [0.1, 0.15) is 0 Å². The summed E-state index contributed by atoms with van der Waals surface area (Å²) in [6, 6.07) is 0. The Balaban J connectivity index is 2.31. The quantitative estimate of drug-likeness (QED) is 0.672. The van der Waals surface area contributed by atoms with Crippen LogP contribution < -0.4 is 10.6 Å². The fourth-order valence-corrected chi connectivity index (χ4v) is 3.64. The number of nitrogens with one attached hydrogen (secondary N) is 2. The number of carbonyl (C=O) groups excluding carboxylic acids is 2. The van der Waals surface area contributed by atoms with Crippen LogP contribution in [0.2, 0.25) is 0 Å². The molecule has 0 spiro atoms. The molecule has 4 nitrogen and oxygen atoms in total. The third-order valence-corrected chi connectivity index (χ3v) is 4.99. The first-order chi connectivity index (χ1) is 11.5. The lowest BCUT2D eigenvalue weighted by atomic mass is 9.86. The fourth-order valence-electron chi connectivity index (χ4n) is 3.64. The molecule has 25 heavy (non-hydrogen) atoms. The average Bonchev–Trinajstić information content (AvgIpc) is 2.43. The Hall–Kier alpha value is -1.06. The maximum absolute atomic E-state index is 12.3. The molecule has 2 amide bonds. The van der Waals surface area contributed by atoms with E-state index in [1.54, 1.807) is 0 Å². The van der Waals surface area contributed by atoms with Gasteiger partial charge in [-0.2, -0.15) is 0 Å². The zero-order valence-corrected chi connectivity index (χ0v) is 17.3. The zero-order valence-electron chi connectivity index (χ0n) is 17.3. The summed E-state index contributed by atoms with van der Waals surface area (Å²) in [6.45, 7) is 12.3. The van der Waals surface area contributed by atoms with Gasteiger partial charge in [0.2, 0.25) is 11.8 Å². The van der Waals surface area contributed by atoms with Crippen molar-refractivity contribution < 1.29 is 9.59 Å². The number of amides is 2. The monoisotopic (exact) mass is 352 g/mol. The normalized spacial score (nSPS) is 17.8. The minimum Gasteiger partial charge on any atom is -0.352 e. The molecule has 2 N–H and O–H groups in total. The summed E-state index contributed by atoms with van der Waals surface area (Å²) >= 11 is 0. The molecule has 0 aliphatic heterocycles. The molecule has 0 aromatic heterocycles. The highest BCUT2D eigenvalue weighted by molar-refractivity contribution is 5.77. The second-order valence-corrected chi connectivity index (χ2v) is 9.79. The topological polar surface area (TPSA) is 58.2 Å². The van der Waals surface area contributed by atoms with Gasteiger partial charge in [-0.15, -0.1) is 0 Å². The first-order valence-corrected chi connectivity index (χ1v) is 10.1. The third kappa shape index (κ3) is 10.5. The number of carbonyl (C=O) groups is 2. The molecule has 0 aromatic carbocycles. The van der Waals surface area contributed by atoms with Crippen LogP contribution in [0.3, 0.4) is 0 Å². The summed E-state index contributed by atoms with van der Waals surface area (Å²) in [7, 11) is 0. The summed E-state index contributed by atoms with van der Waals surface area (Å²) in [5.41, 5.74) is -0.385.